The Balaban J connectivity index is 5.64. The molecule has 5 heteroatoms. The molecule has 0 fully saturated rings. The van der Waals surface area contributed by atoms with Crippen molar-refractivity contribution in [3.8, 4) is 0 Å². The summed E-state index contributed by atoms with van der Waals surface area (Å²) in [5, 5.41) is 0. The Morgan fingerprint density at radius 3 is 0.957 bits per heavy atom. The average Bonchev–Trinajstić information content (AvgIpc) is 2.46. The maximum atomic E-state index is 7.16. The van der Waals surface area contributed by atoms with Gasteiger partial charge in [0.15, 0.2) is 0 Å². The topological polar surface area (TPSA) is 9.23 Å². The van der Waals surface area contributed by atoms with Crippen molar-refractivity contribution in [2.75, 3.05) is 0 Å². The lowest BCUT2D eigenvalue weighted by Gasteiger charge is -2.38. The van der Waals surface area contributed by atoms with Crippen LogP contribution in [0.5, 0.6) is 0 Å². The summed E-state index contributed by atoms with van der Waals surface area (Å²) in [6.45, 7) is 23.9. The van der Waals surface area contributed by atoms with Crippen LogP contribution in [0.1, 0.15) is 27.7 Å². The van der Waals surface area contributed by atoms with Crippen molar-refractivity contribution >= 4 is 32.8 Å². The lowest BCUT2D eigenvalue weighted by atomic mass is 10.9. The highest BCUT2D eigenvalue weighted by molar-refractivity contribution is 6.94. The van der Waals surface area contributed by atoms with Gasteiger partial charge in [0.2, 0.25) is 16.6 Å². The van der Waals surface area contributed by atoms with Crippen molar-refractivity contribution in [3.05, 3.63) is 22.8 Å². The van der Waals surface area contributed by atoms with E-state index >= 15 is 0 Å². The predicted molar refractivity (Wildman–Crippen MR) is 119 cm³/mol. The van der Waals surface area contributed by atoms with Crippen LogP contribution in [0.3, 0.4) is 0 Å². The van der Waals surface area contributed by atoms with Gasteiger partial charge < -0.3 is 4.12 Å². The fourth-order valence-electron chi connectivity index (χ4n) is 2.54. The second-order valence-corrected chi connectivity index (χ2v) is 27.7. The highest BCUT2D eigenvalue weighted by Gasteiger charge is 2.39. The zero-order chi connectivity index (χ0) is 18.4. The van der Waals surface area contributed by atoms with Crippen LogP contribution >= 0.6 is 0 Å². The molecule has 0 aliphatic heterocycles. The summed E-state index contributed by atoms with van der Waals surface area (Å²) >= 11 is 0. The van der Waals surface area contributed by atoms with Crippen molar-refractivity contribution in [2.45, 2.75) is 91.2 Å². The van der Waals surface area contributed by atoms with E-state index in [1.165, 1.54) is 24.2 Å². The Labute approximate surface area is 150 Å². The maximum absolute atomic E-state index is 7.16. The number of hydrogen-bond donors (Lipinski definition) is 0. The van der Waals surface area contributed by atoms with Gasteiger partial charge in [0.05, 0.1) is 16.1 Å². The Morgan fingerprint density at radius 2 is 0.783 bits per heavy atom. The Morgan fingerprint density at radius 1 is 0.522 bits per heavy atom. The first-order valence-corrected chi connectivity index (χ1v) is 21.4. The van der Waals surface area contributed by atoms with Crippen LogP contribution in [0.2, 0.25) is 63.5 Å². The van der Waals surface area contributed by atoms with Gasteiger partial charge in [-0.05, 0) is 24.2 Å². The van der Waals surface area contributed by atoms with Crippen LogP contribution in [0.4, 0.5) is 0 Å². The van der Waals surface area contributed by atoms with Gasteiger partial charge in [-0.3, -0.25) is 0 Å². The summed E-state index contributed by atoms with van der Waals surface area (Å²) in [4.78, 5) is 0. The van der Waals surface area contributed by atoms with Gasteiger partial charge >= 0.3 is 0 Å². The fraction of sp³-hybridized carbons (Fsp3) is 0.778. The molecule has 0 aromatic carbocycles. The third kappa shape index (κ3) is 8.81. The lowest BCUT2D eigenvalue weighted by molar-refractivity contribution is 0.537. The standard InChI is InChI=1S/C18H42OSi4/c1-11-22(12-2,17-15-20(5,6)7)19-23(13-3,14-4)18-16-21(8,9)10/h15-18H,11-14H2,1-10H3/b17-15+,18-16+. The SMILES string of the molecule is CC[Si](/C=C/[Si](C)(C)C)(CC)O[Si](/C=C/[Si](C)(C)C)(CC)CC. The van der Waals surface area contributed by atoms with Crippen LogP contribution in [0.15, 0.2) is 22.8 Å². The molecule has 0 aromatic heterocycles. The molecule has 0 radical (unpaired) electrons. The second kappa shape index (κ2) is 9.13. The van der Waals surface area contributed by atoms with E-state index in [1.54, 1.807) is 0 Å². The largest absolute Gasteiger partial charge is 0.449 e. The first kappa shape index (κ1) is 23.3. The molecule has 0 aliphatic carbocycles. The summed E-state index contributed by atoms with van der Waals surface area (Å²) in [6.07, 6.45) is 0. The van der Waals surface area contributed by atoms with Gasteiger partial charge in [0.25, 0.3) is 0 Å². The monoisotopic (exact) mass is 386 g/mol. The Bertz CT molecular complexity index is 356. The minimum absolute atomic E-state index is 1.17. The molecule has 0 aliphatic rings. The van der Waals surface area contributed by atoms with Crippen LogP contribution in [0.25, 0.3) is 0 Å². The molecule has 0 atom stereocenters. The van der Waals surface area contributed by atoms with E-state index < -0.39 is 32.8 Å². The van der Waals surface area contributed by atoms with Crippen LogP contribution < -0.4 is 0 Å². The van der Waals surface area contributed by atoms with E-state index in [0.29, 0.717) is 0 Å². The van der Waals surface area contributed by atoms with Crippen molar-refractivity contribution < 1.29 is 4.12 Å². The zero-order valence-electron chi connectivity index (χ0n) is 17.5. The van der Waals surface area contributed by atoms with Gasteiger partial charge in [0.1, 0.15) is 0 Å². The van der Waals surface area contributed by atoms with E-state index in [0.717, 1.165) is 0 Å². The molecule has 0 rings (SSSR count). The van der Waals surface area contributed by atoms with Crippen LogP contribution in [-0.4, -0.2) is 32.8 Å². The Kier molecular flexibility index (Phi) is 9.25. The van der Waals surface area contributed by atoms with Crippen molar-refractivity contribution in [1.29, 1.82) is 0 Å². The van der Waals surface area contributed by atoms with E-state index in [2.05, 4.69) is 89.8 Å². The summed E-state index contributed by atoms with van der Waals surface area (Å²) in [5.74, 6) is 0. The zero-order valence-corrected chi connectivity index (χ0v) is 21.5. The molecular formula is C18H42OSi4. The molecule has 0 aromatic rings. The van der Waals surface area contributed by atoms with Crippen molar-refractivity contribution in [1.82, 2.24) is 0 Å². The molecule has 0 saturated carbocycles. The van der Waals surface area contributed by atoms with Gasteiger partial charge in [-0.2, -0.15) is 0 Å². The molecule has 0 amide bonds. The summed E-state index contributed by atoms with van der Waals surface area (Å²) in [5.41, 5.74) is 10.2. The molecule has 0 bridgehead atoms. The second-order valence-electron chi connectivity index (χ2n) is 9.04. The first-order valence-electron chi connectivity index (χ1n) is 9.47. The normalized spacial score (nSPS) is 15.0. The number of hydrogen-bond acceptors (Lipinski definition) is 1. The quantitative estimate of drug-likeness (QED) is 0.370. The van der Waals surface area contributed by atoms with E-state index in [9.17, 15) is 0 Å². The summed E-state index contributed by atoms with van der Waals surface area (Å²) in [6, 6.07) is 4.83. The van der Waals surface area contributed by atoms with E-state index in [1.807, 2.05) is 0 Å². The third-order valence-electron chi connectivity index (χ3n) is 4.57. The fourth-order valence-corrected chi connectivity index (χ4v) is 17.0. The van der Waals surface area contributed by atoms with Gasteiger partial charge in [-0.15, -0.1) is 11.4 Å². The van der Waals surface area contributed by atoms with Crippen LogP contribution in [0, 0.1) is 0 Å². The van der Waals surface area contributed by atoms with Crippen LogP contribution in [-0.2, 0) is 4.12 Å². The first-order chi connectivity index (χ1) is 10.4. The molecule has 0 unspecified atom stereocenters. The molecular weight excluding hydrogens is 345 g/mol. The van der Waals surface area contributed by atoms with Crippen molar-refractivity contribution in [2.24, 2.45) is 0 Å². The smallest absolute Gasteiger partial charge is 0.203 e. The highest BCUT2D eigenvalue weighted by Crippen LogP contribution is 2.30. The summed E-state index contributed by atoms with van der Waals surface area (Å²) < 4.78 is 7.16. The molecule has 0 saturated heterocycles. The van der Waals surface area contributed by atoms with Gasteiger partial charge in [0, 0.05) is 0 Å². The molecule has 0 N–H and O–H groups in total. The van der Waals surface area contributed by atoms with Gasteiger partial charge in [-0.1, -0.05) is 78.4 Å². The minimum Gasteiger partial charge on any atom is -0.449 e. The molecule has 23 heavy (non-hydrogen) atoms. The lowest BCUT2D eigenvalue weighted by Crippen LogP contribution is -2.49. The van der Waals surface area contributed by atoms with Crippen molar-refractivity contribution in [3.63, 3.8) is 0 Å². The average molecular weight is 387 g/mol. The predicted octanol–water partition coefficient (Wildman–Crippen LogP) is 6.92. The minimum atomic E-state index is -1.75. The third-order valence-corrected chi connectivity index (χ3v) is 17.2. The highest BCUT2D eigenvalue weighted by atomic mass is 28.4. The molecule has 0 spiro atoms. The summed E-state index contributed by atoms with van der Waals surface area (Å²) in [7, 11) is -5.82. The number of rotatable bonds is 10. The Hall–Kier alpha value is 0.308. The molecule has 1 nitrogen and oxygen atoms in total. The van der Waals surface area contributed by atoms with E-state index in [-0.39, 0.29) is 0 Å². The molecule has 136 valence electrons. The van der Waals surface area contributed by atoms with E-state index in [4.69, 9.17) is 4.12 Å². The van der Waals surface area contributed by atoms with Gasteiger partial charge in [-0.25, -0.2) is 0 Å². The molecule has 0 heterocycles. The maximum Gasteiger partial charge on any atom is 0.203 e.